The fourth-order valence-electron chi connectivity index (χ4n) is 2.54. The van der Waals surface area contributed by atoms with Gasteiger partial charge in [0, 0.05) is 10.0 Å². The third-order valence-electron chi connectivity index (χ3n) is 3.75. The number of hydrogen-bond acceptors (Lipinski definition) is 3. The van der Waals surface area contributed by atoms with Gasteiger partial charge in [-0.1, -0.05) is 28.9 Å². The molecular weight excluding hydrogens is 378 g/mol. The number of aromatic amines is 1. The number of ether oxygens (including phenoxy) is 1. The predicted octanol–water partition coefficient (Wildman–Crippen LogP) is 5.49. The zero-order valence-electron chi connectivity index (χ0n) is 14.1. The molecule has 0 atom stereocenters. The van der Waals surface area contributed by atoms with Gasteiger partial charge in [0.1, 0.15) is 17.6 Å². The van der Waals surface area contributed by atoms with Gasteiger partial charge in [0.05, 0.1) is 23.2 Å². The van der Waals surface area contributed by atoms with Crippen LogP contribution < -0.4 is 4.74 Å². The minimum absolute atomic E-state index is 0.466. The van der Waals surface area contributed by atoms with Crippen LogP contribution in [0.3, 0.4) is 0 Å². The number of H-pyrrole nitrogens is 1. The Morgan fingerprint density at radius 3 is 2.92 bits per heavy atom. The van der Waals surface area contributed by atoms with E-state index in [2.05, 4.69) is 38.9 Å². The van der Waals surface area contributed by atoms with Gasteiger partial charge in [-0.15, -0.1) is 0 Å². The van der Waals surface area contributed by atoms with E-state index in [0.29, 0.717) is 18.0 Å². The van der Waals surface area contributed by atoms with Crippen molar-refractivity contribution in [3.05, 3.63) is 57.8 Å². The topological polar surface area (TPSA) is 61.7 Å². The van der Waals surface area contributed by atoms with Crippen molar-refractivity contribution in [2.45, 2.75) is 20.3 Å². The summed E-state index contributed by atoms with van der Waals surface area (Å²) in [5, 5.41) is 9.63. The SMILES string of the molecule is CCCOc1ccc(Br)cc1/C=C(\C#N)c1nc2ccc(C)cc2[nH]1. The lowest BCUT2D eigenvalue weighted by Crippen LogP contribution is -1.97. The van der Waals surface area contributed by atoms with Crippen LogP contribution >= 0.6 is 15.9 Å². The van der Waals surface area contributed by atoms with E-state index in [1.54, 1.807) is 6.08 Å². The Bertz CT molecular complexity index is 982. The average Bonchev–Trinajstić information content (AvgIpc) is 3.01. The first kappa shape index (κ1) is 17.2. The number of aryl methyl sites for hydroxylation is 1. The number of rotatable bonds is 5. The van der Waals surface area contributed by atoms with E-state index in [-0.39, 0.29) is 0 Å². The summed E-state index contributed by atoms with van der Waals surface area (Å²) in [5.41, 5.74) is 4.23. The number of aromatic nitrogens is 2. The molecule has 0 radical (unpaired) electrons. The van der Waals surface area contributed by atoms with Crippen LogP contribution in [0.4, 0.5) is 0 Å². The third-order valence-corrected chi connectivity index (χ3v) is 4.24. The predicted molar refractivity (Wildman–Crippen MR) is 104 cm³/mol. The Hall–Kier alpha value is -2.58. The molecule has 0 unspecified atom stereocenters. The molecule has 0 saturated carbocycles. The smallest absolute Gasteiger partial charge is 0.149 e. The van der Waals surface area contributed by atoms with E-state index < -0.39 is 0 Å². The van der Waals surface area contributed by atoms with Crippen molar-refractivity contribution in [3.8, 4) is 11.8 Å². The normalized spacial score (nSPS) is 11.5. The van der Waals surface area contributed by atoms with E-state index in [1.165, 1.54) is 0 Å². The number of fused-ring (bicyclic) bond motifs is 1. The second-order valence-corrected chi connectivity index (χ2v) is 6.72. The maximum absolute atomic E-state index is 9.63. The molecule has 0 aliphatic rings. The molecule has 0 spiro atoms. The van der Waals surface area contributed by atoms with E-state index in [0.717, 1.165) is 38.8 Å². The summed E-state index contributed by atoms with van der Waals surface area (Å²) in [6, 6.07) is 14.0. The molecule has 1 heterocycles. The second kappa shape index (κ2) is 7.54. The summed E-state index contributed by atoms with van der Waals surface area (Å²) < 4.78 is 6.72. The molecule has 0 aliphatic carbocycles. The summed E-state index contributed by atoms with van der Waals surface area (Å²) in [6.07, 6.45) is 2.73. The Balaban J connectivity index is 2.05. The van der Waals surface area contributed by atoms with Crippen LogP contribution in [-0.2, 0) is 0 Å². The monoisotopic (exact) mass is 395 g/mol. The van der Waals surface area contributed by atoms with Crippen LogP contribution in [0.25, 0.3) is 22.7 Å². The molecular formula is C20H18BrN3O. The number of benzene rings is 2. The lowest BCUT2D eigenvalue weighted by Gasteiger charge is -2.09. The first-order valence-electron chi connectivity index (χ1n) is 8.11. The Kier molecular flexibility index (Phi) is 5.20. The van der Waals surface area contributed by atoms with Gasteiger partial charge in [-0.2, -0.15) is 5.26 Å². The molecule has 0 fully saturated rings. The Labute approximate surface area is 155 Å². The number of halogens is 1. The van der Waals surface area contributed by atoms with E-state index in [9.17, 15) is 5.26 Å². The number of nitrogens with zero attached hydrogens (tertiary/aromatic N) is 2. The van der Waals surface area contributed by atoms with Gasteiger partial charge in [0.25, 0.3) is 0 Å². The molecule has 1 N–H and O–H groups in total. The molecule has 0 saturated heterocycles. The number of nitriles is 1. The first-order chi connectivity index (χ1) is 12.1. The lowest BCUT2D eigenvalue weighted by molar-refractivity contribution is 0.317. The molecule has 25 heavy (non-hydrogen) atoms. The van der Waals surface area contributed by atoms with Crippen molar-refractivity contribution in [2.24, 2.45) is 0 Å². The molecule has 2 aromatic carbocycles. The van der Waals surface area contributed by atoms with Crippen LogP contribution in [0.15, 0.2) is 40.9 Å². The molecule has 0 amide bonds. The zero-order valence-corrected chi connectivity index (χ0v) is 15.7. The van der Waals surface area contributed by atoms with Crippen molar-refractivity contribution in [2.75, 3.05) is 6.61 Å². The summed E-state index contributed by atoms with van der Waals surface area (Å²) in [6.45, 7) is 4.72. The Morgan fingerprint density at radius 1 is 1.32 bits per heavy atom. The van der Waals surface area contributed by atoms with Gasteiger partial charge < -0.3 is 9.72 Å². The lowest BCUT2D eigenvalue weighted by atomic mass is 10.1. The number of imidazole rings is 1. The van der Waals surface area contributed by atoms with Crippen LogP contribution in [0.2, 0.25) is 0 Å². The maximum atomic E-state index is 9.63. The molecule has 0 bridgehead atoms. The molecule has 5 heteroatoms. The molecule has 1 aromatic heterocycles. The molecule has 0 aliphatic heterocycles. The minimum Gasteiger partial charge on any atom is -0.493 e. The van der Waals surface area contributed by atoms with Gasteiger partial charge in [-0.3, -0.25) is 0 Å². The fourth-order valence-corrected chi connectivity index (χ4v) is 2.91. The van der Waals surface area contributed by atoms with Crippen LogP contribution in [-0.4, -0.2) is 16.6 Å². The summed E-state index contributed by atoms with van der Waals surface area (Å²) in [4.78, 5) is 7.77. The number of allylic oxidation sites excluding steroid dienone is 1. The van der Waals surface area contributed by atoms with Crippen LogP contribution in [0.5, 0.6) is 5.75 Å². The van der Waals surface area contributed by atoms with Crippen LogP contribution in [0.1, 0.15) is 30.3 Å². The fraction of sp³-hybridized carbons (Fsp3) is 0.200. The van der Waals surface area contributed by atoms with Crippen molar-refractivity contribution < 1.29 is 4.74 Å². The van der Waals surface area contributed by atoms with Crippen molar-refractivity contribution in [1.82, 2.24) is 9.97 Å². The summed E-state index contributed by atoms with van der Waals surface area (Å²) >= 11 is 3.48. The summed E-state index contributed by atoms with van der Waals surface area (Å²) in [7, 11) is 0. The van der Waals surface area contributed by atoms with E-state index in [4.69, 9.17) is 4.74 Å². The standard InChI is InChI=1S/C20H18BrN3O/c1-3-8-25-19-7-5-16(21)11-14(19)10-15(12-22)20-23-17-6-4-13(2)9-18(17)24-20/h4-7,9-11H,3,8H2,1-2H3,(H,23,24)/b15-10+. The molecule has 3 aromatic rings. The van der Waals surface area contributed by atoms with Crippen LogP contribution in [0, 0.1) is 18.3 Å². The maximum Gasteiger partial charge on any atom is 0.149 e. The average molecular weight is 396 g/mol. The first-order valence-corrected chi connectivity index (χ1v) is 8.91. The molecule has 3 rings (SSSR count). The van der Waals surface area contributed by atoms with Crippen molar-refractivity contribution >= 4 is 38.6 Å². The zero-order chi connectivity index (χ0) is 17.8. The summed E-state index contributed by atoms with van der Waals surface area (Å²) in [5.74, 6) is 1.31. The highest BCUT2D eigenvalue weighted by Gasteiger charge is 2.10. The van der Waals surface area contributed by atoms with Gasteiger partial charge in [0.15, 0.2) is 0 Å². The Morgan fingerprint density at radius 2 is 2.16 bits per heavy atom. The highest BCUT2D eigenvalue weighted by molar-refractivity contribution is 9.10. The third kappa shape index (κ3) is 3.92. The van der Waals surface area contributed by atoms with Crippen molar-refractivity contribution in [1.29, 1.82) is 5.26 Å². The van der Waals surface area contributed by atoms with Crippen molar-refractivity contribution in [3.63, 3.8) is 0 Å². The van der Waals surface area contributed by atoms with Gasteiger partial charge in [-0.05, 0) is 55.3 Å². The quantitative estimate of drug-likeness (QED) is 0.581. The van der Waals surface area contributed by atoms with E-state index >= 15 is 0 Å². The van der Waals surface area contributed by atoms with Gasteiger partial charge >= 0.3 is 0 Å². The highest BCUT2D eigenvalue weighted by Crippen LogP contribution is 2.28. The minimum atomic E-state index is 0.466. The largest absolute Gasteiger partial charge is 0.493 e. The van der Waals surface area contributed by atoms with E-state index in [1.807, 2.05) is 43.3 Å². The molecule has 126 valence electrons. The number of nitrogens with one attached hydrogen (secondary N) is 1. The van der Waals surface area contributed by atoms with Gasteiger partial charge in [-0.25, -0.2) is 4.98 Å². The highest BCUT2D eigenvalue weighted by atomic mass is 79.9. The molecule has 4 nitrogen and oxygen atoms in total. The van der Waals surface area contributed by atoms with Gasteiger partial charge in [0.2, 0.25) is 0 Å². The second-order valence-electron chi connectivity index (χ2n) is 5.81. The number of hydrogen-bond donors (Lipinski definition) is 1.